The normalized spacial score (nSPS) is 12.1. The van der Waals surface area contributed by atoms with Gasteiger partial charge in [-0.3, -0.25) is 19.2 Å². The van der Waals surface area contributed by atoms with Crippen molar-refractivity contribution >= 4 is 70.7 Å². The van der Waals surface area contributed by atoms with Gasteiger partial charge in [-0.05, 0) is 127 Å². The molecule has 1 fully saturated rings. The van der Waals surface area contributed by atoms with Crippen molar-refractivity contribution in [2.75, 3.05) is 122 Å². The molecule has 20 nitrogen and oxygen atoms in total. The van der Waals surface area contributed by atoms with Gasteiger partial charge in [0.2, 0.25) is 0 Å². The third-order valence-electron chi connectivity index (χ3n) is 7.53. The quantitative estimate of drug-likeness (QED) is 0.0227. The summed E-state index contributed by atoms with van der Waals surface area (Å²) in [6.07, 6.45) is 9.36. The highest BCUT2D eigenvalue weighted by Crippen LogP contribution is 2.08. The molecule has 4 atom stereocenters. The van der Waals surface area contributed by atoms with E-state index in [1.807, 2.05) is 40.0 Å². The molecule has 0 aromatic rings. The predicted octanol–water partition coefficient (Wildman–Crippen LogP) is 3.91. The zero-order chi connectivity index (χ0) is 49.8. The number of carboxylic acid groups (broad SMARTS) is 2. The lowest BCUT2D eigenvalue weighted by molar-refractivity contribution is -0.870. The average Bonchev–Trinajstić information content (AvgIpc) is 3.83. The predicted molar refractivity (Wildman–Crippen MR) is 274 cm³/mol. The lowest BCUT2D eigenvalue weighted by Crippen LogP contribution is -3.00. The minimum absolute atomic E-state index is 0. The molecule has 1 rings (SSSR count). The molecule has 1 aliphatic heterocycles. The van der Waals surface area contributed by atoms with Crippen LogP contribution >= 0.6 is 46.8 Å². The van der Waals surface area contributed by atoms with Crippen molar-refractivity contribution in [2.24, 2.45) is 44.3 Å². The van der Waals surface area contributed by atoms with Gasteiger partial charge < -0.3 is 72.8 Å². The Balaban J connectivity index is -0.0000000511. The van der Waals surface area contributed by atoms with Gasteiger partial charge in [-0.15, -0.1) is 12.4 Å². The number of hydrogen-bond donors (Lipinski definition) is 7. The lowest BCUT2D eigenvalue weighted by atomic mass is 10.1. The summed E-state index contributed by atoms with van der Waals surface area (Å²) >= 11 is 6.70. The molecule has 0 aromatic carbocycles. The van der Waals surface area contributed by atoms with E-state index in [-0.39, 0.29) is 69.4 Å². The maximum atomic E-state index is 11.0. The molecule has 24 heteroatoms. The maximum absolute atomic E-state index is 11.0. The molecule has 0 radical (unpaired) electrons. The average molecular weight is 1130 g/mol. The minimum atomic E-state index is -0.733. The largest absolute Gasteiger partial charge is 1.00 e. The number of aliphatic hydroxyl groups excluding tert-OH is 2. The summed E-state index contributed by atoms with van der Waals surface area (Å²) in [5.41, 5.74) is 16.6. The van der Waals surface area contributed by atoms with Gasteiger partial charge in [-0.1, -0.05) is 62.8 Å². The van der Waals surface area contributed by atoms with E-state index in [0.717, 1.165) is 90.1 Å². The number of carboxylic acids is 2. The van der Waals surface area contributed by atoms with Crippen LogP contribution in [-0.4, -0.2) is 187 Å². The molecule has 0 aromatic heterocycles. The van der Waals surface area contributed by atoms with Crippen LogP contribution in [0.4, 0.5) is 0 Å². The maximum Gasteiger partial charge on any atom is 0.322 e. The van der Waals surface area contributed by atoms with Crippen molar-refractivity contribution in [3.63, 3.8) is 0 Å². The Morgan fingerprint density at radius 1 is 0.754 bits per heavy atom. The number of hydrogen-bond acceptors (Lipinski definition) is 15. The molecule has 0 bridgehead atoms. The Kier molecular flexibility index (Phi) is 106. The Labute approximate surface area is 426 Å². The molecular weight excluding hydrogens is 1030 g/mol. The molecule has 0 spiro atoms. The summed E-state index contributed by atoms with van der Waals surface area (Å²) in [5, 5.41) is 36.0. The van der Waals surface area contributed by atoms with Gasteiger partial charge in [0.05, 0.1) is 71.4 Å². The number of ether oxygens (including phenoxy) is 3. The molecule has 0 saturated carbocycles. The van der Waals surface area contributed by atoms with E-state index < -0.39 is 18.0 Å². The SMILES string of the molecule is C.C.C1CCOC1.CI.CO.CO.COC(=O)[C@@H](C)CCCN(C)C.COC(=O)[C@@H](N)CCC[N+](C)(C)C.C[C@@H](CCCN(C)C)C(=O)O.C[C@@H](CCCN)C(=O)O.Cl.N=NN=NCl.[Cl-]. The molecule has 402 valence electrons. The van der Waals surface area contributed by atoms with Crippen LogP contribution in [0.1, 0.15) is 99.8 Å². The van der Waals surface area contributed by atoms with Crippen LogP contribution in [0, 0.1) is 23.3 Å². The minimum Gasteiger partial charge on any atom is -1.00 e. The van der Waals surface area contributed by atoms with E-state index >= 15 is 0 Å². The number of nitrogens with two attached hydrogens (primary N) is 2. The van der Waals surface area contributed by atoms with Crippen LogP contribution in [0.3, 0.4) is 0 Å². The number of aliphatic hydroxyl groups is 2. The Hall–Kier alpha value is -1.64. The van der Waals surface area contributed by atoms with E-state index in [1.165, 1.54) is 27.1 Å². The number of rotatable bonds is 20. The van der Waals surface area contributed by atoms with Gasteiger partial charge in [0.25, 0.3) is 0 Å². The van der Waals surface area contributed by atoms with Gasteiger partial charge in [0, 0.05) is 27.4 Å². The fourth-order valence-electron chi connectivity index (χ4n) is 4.00. The summed E-state index contributed by atoms with van der Waals surface area (Å²) in [4.78, 5) is 48.5. The molecule has 0 aliphatic carbocycles. The zero-order valence-electron chi connectivity index (χ0n) is 41.1. The summed E-state index contributed by atoms with van der Waals surface area (Å²) < 4.78 is 17.6. The summed E-state index contributed by atoms with van der Waals surface area (Å²) in [5.74, 6) is -2.25. The first kappa shape index (κ1) is 93.4. The van der Waals surface area contributed by atoms with Crippen molar-refractivity contribution in [2.45, 2.75) is 106 Å². The number of aliphatic carboxylic acids is 2. The first-order valence-electron chi connectivity index (χ1n) is 20.0. The standard InChI is InChI=1S/C9H21N2O2.C9H19NO2.C8H17NO2.C6H13NO2.C4H8O.CH3I.2CH4O.2CH4.ClHN4.2ClH/c1-11(2,3)7-5-6-8(10)9(12)13-4;1-8(9(11)12-4)6-5-7-10(2)3;1-7(8(10)11)5-4-6-9(2)3;1-5(6(8)9)3-2-4-7;1-2-4-5-3-1;3*1-2;;;1-3-5-4-2;;/h8H,5-7,10H2,1-4H3;8H,5-7H2,1-4H3;7H,4-6H2,1-3H3,(H,10,11);5H,2-4,7H2,1H3,(H,8,9);1-4H2;1H3;2*2H,1H3;2*1H4;2H;2*1H/q+1;;;;;;;;;;;;/p-1/t2*8-;7-;5-;;;;;;;;;/m0000........./s1. The number of carbonyl (C=O) groups excluding carboxylic acids is 2. The third-order valence-corrected chi connectivity index (χ3v) is 7.59. The van der Waals surface area contributed by atoms with Crippen LogP contribution in [0.2, 0.25) is 0 Å². The molecule has 1 saturated heterocycles. The zero-order valence-corrected chi connectivity index (χ0v) is 45.6. The van der Waals surface area contributed by atoms with E-state index in [4.69, 9.17) is 42.2 Å². The highest BCUT2D eigenvalue weighted by Gasteiger charge is 2.15. The number of alkyl halides is 1. The molecule has 65 heavy (non-hydrogen) atoms. The van der Waals surface area contributed by atoms with Crippen molar-refractivity contribution < 1.29 is 70.7 Å². The molecule has 0 amide bonds. The van der Waals surface area contributed by atoms with E-state index in [2.05, 4.69) is 89.9 Å². The van der Waals surface area contributed by atoms with Gasteiger partial charge in [0.1, 0.15) is 6.04 Å². The highest BCUT2D eigenvalue weighted by molar-refractivity contribution is 14.1. The third kappa shape index (κ3) is 97.1. The molecular formula is C41H99Cl3IN9O11. The topological polar surface area (TPSA) is 296 Å². The van der Waals surface area contributed by atoms with E-state index in [9.17, 15) is 19.2 Å². The van der Waals surface area contributed by atoms with Crippen LogP contribution in [0.25, 0.3) is 0 Å². The molecule has 0 unspecified atom stereocenters. The highest BCUT2D eigenvalue weighted by atomic mass is 127. The van der Waals surface area contributed by atoms with Gasteiger partial charge in [-0.25, -0.2) is 0 Å². The number of nitrogens with one attached hydrogen (secondary N) is 1. The fraction of sp³-hybridized carbons (Fsp3) is 0.902. The number of esters is 2. The number of nitrogens with zero attached hydrogens (tertiary/aromatic N) is 6. The van der Waals surface area contributed by atoms with E-state index in [0.29, 0.717) is 19.4 Å². The van der Waals surface area contributed by atoms with Gasteiger partial charge in [-0.2, -0.15) is 5.53 Å². The number of methoxy groups -OCH3 is 2. The molecule has 9 N–H and O–H groups in total. The molecule has 1 heterocycles. The Bertz CT molecular complexity index is 988. The number of halogens is 4. The number of quaternary nitrogens is 1. The second kappa shape index (κ2) is 73.9. The van der Waals surface area contributed by atoms with Crippen molar-refractivity contribution in [3.05, 3.63) is 0 Å². The van der Waals surface area contributed by atoms with Gasteiger partial charge in [0.15, 0.2) is 0 Å². The number of carbonyl (C=O) groups is 4. The Morgan fingerprint density at radius 2 is 1.11 bits per heavy atom. The smallest absolute Gasteiger partial charge is 0.322 e. The van der Waals surface area contributed by atoms with Crippen LogP contribution < -0.4 is 23.9 Å². The fourth-order valence-corrected chi connectivity index (χ4v) is 4.03. The van der Waals surface area contributed by atoms with Crippen molar-refractivity contribution in [1.82, 2.24) is 9.80 Å². The first-order chi connectivity index (χ1) is 28.6. The van der Waals surface area contributed by atoms with Crippen molar-refractivity contribution in [3.8, 4) is 0 Å². The summed E-state index contributed by atoms with van der Waals surface area (Å²) in [6.45, 7) is 10.9. The molecule has 1 aliphatic rings. The Morgan fingerprint density at radius 3 is 1.34 bits per heavy atom. The van der Waals surface area contributed by atoms with Gasteiger partial charge >= 0.3 is 23.9 Å². The van der Waals surface area contributed by atoms with Crippen LogP contribution in [-0.2, 0) is 33.4 Å². The van der Waals surface area contributed by atoms with Crippen LogP contribution in [0.15, 0.2) is 15.1 Å². The second-order valence-corrected chi connectivity index (χ2v) is 14.7. The van der Waals surface area contributed by atoms with Crippen LogP contribution in [0.5, 0.6) is 0 Å². The first-order valence-corrected chi connectivity index (χ1v) is 22.5. The summed E-state index contributed by atoms with van der Waals surface area (Å²) in [7, 11) is 19.2. The van der Waals surface area contributed by atoms with E-state index in [1.54, 1.807) is 13.8 Å². The second-order valence-electron chi connectivity index (χ2n) is 14.6. The summed E-state index contributed by atoms with van der Waals surface area (Å²) in [6, 6.07) is -0.462. The van der Waals surface area contributed by atoms with Crippen molar-refractivity contribution in [1.29, 1.82) is 5.53 Å². The lowest BCUT2D eigenvalue weighted by Gasteiger charge is -2.24. The monoisotopic (exact) mass is 1130 g/mol.